The SMILES string of the molecule is O=C1CN(c2ccccc2)C=CC1CN1CCCC1. The average molecular weight is 256 g/mol. The van der Waals surface area contributed by atoms with Gasteiger partial charge in [0.1, 0.15) is 0 Å². The first-order valence-electron chi connectivity index (χ1n) is 7.08. The van der Waals surface area contributed by atoms with Gasteiger partial charge in [-0.1, -0.05) is 24.3 Å². The molecule has 0 saturated carbocycles. The van der Waals surface area contributed by atoms with Crippen LogP contribution < -0.4 is 4.90 Å². The molecule has 1 fully saturated rings. The molecule has 1 atom stereocenters. The minimum Gasteiger partial charge on any atom is -0.341 e. The van der Waals surface area contributed by atoms with Gasteiger partial charge in [-0.05, 0) is 38.1 Å². The molecule has 3 nitrogen and oxygen atoms in total. The van der Waals surface area contributed by atoms with Gasteiger partial charge >= 0.3 is 0 Å². The van der Waals surface area contributed by atoms with Gasteiger partial charge in [0.15, 0.2) is 5.78 Å². The minimum absolute atomic E-state index is 0.0815. The summed E-state index contributed by atoms with van der Waals surface area (Å²) >= 11 is 0. The number of carbonyl (C=O) groups excluding carboxylic acids is 1. The molecule has 0 radical (unpaired) electrons. The summed E-state index contributed by atoms with van der Waals surface area (Å²) in [6.45, 7) is 3.71. The summed E-state index contributed by atoms with van der Waals surface area (Å²) in [6.07, 6.45) is 6.69. The zero-order valence-corrected chi connectivity index (χ0v) is 11.2. The molecule has 0 N–H and O–H groups in total. The molecule has 1 aromatic rings. The van der Waals surface area contributed by atoms with E-state index in [0.717, 1.165) is 25.3 Å². The summed E-state index contributed by atoms with van der Waals surface area (Å²) in [5, 5.41) is 0. The maximum Gasteiger partial charge on any atom is 0.160 e. The van der Waals surface area contributed by atoms with Crippen molar-refractivity contribution in [3.8, 4) is 0 Å². The first kappa shape index (κ1) is 12.4. The second kappa shape index (κ2) is 5.57. The molecule has 0 aliphatic carbocycles. The normalized spacial score (nSPS) is 24.1. The Balaban J connectivity index is 1.66. The maximum absolute atomic E-state index is 12.2. The number of Topliss-reactive ketones (excluding diaryl/α,β-unsaturated/α-hetero) is 1. The van der Waals surface area contributed by atoms with Gasteiger partial charge in [-0.25, -0.2) is 0 Å². The molecule has 1 unspecified atom stereocenters. The summed E-state index contributed by atoms with van der Waals surface area (Å²) in [6, 6.07) is 10.1. The zero-order chi connectivity index (χ0) is 13.1. The molecule has 100 valence electrons. The van der Waals surface area contributed by atoms with Crippen molar-refractivity contribution < 1.29 is 4.79 Å². The van der Waals surface area contributed by atoms with E-state index in [1.165, 1.54) is 12.8 Å². The number of carbonyl (C=O) groups is 1. The van der Waals surface area contributed by atoms with E-state index in [0.29, 0.717) is 12.3 Å². The Labute approximate surface area is 114 Å². The zero-order valence-electron chi connectivity index (χ0n) is 11.2. The van der Waals surface area contributed by atoms with E-state index in [4.69, 9.17) is 0 Å². The molecular formula is C16H20N2O. The van der Waals surface area contributed by atoms with Crippen LogP contribution in [-0.2, 0) is 4.79 Å². The van der Waals surface area contributed by atoms with Crippen LogP contribution in [0.25, 0.3) is 0 Å². The monoisotopic (exact) mass is 256 g/mol. The van der Waals surface area contributed by atoms with E-state index >= 15 is 0 Å². The molecule has 1 saturated heterocycles. The Morgan fingerprint density at radius 3 is 2.53 bits per heavy atom. The van der Waals surface area contributed by atoms with E-state index in [-0.39, 0.29) is 5.92 Å². The van der Waals surface area contributed by atoms with Crippen molar-refractivity contribution in [1.82, 2.24) is 4.90 Å². The van der Waals surface area contributed by atoms with Gasteiger partial charge in [0.05, 0.1) is 12.5 Å². The Morgan fingerprint density at radius 2 is 1.84 bits per heavy atom. The molecule has 1 aromatic carbocycles. The van der Waals surface area contributed by atoms with Gasteiger partial charge < -0.3 is 9.80 Å². The fourth-order valence-electron chi connectivity index (χ4n) is 2.86. The number of nitrogens with zero attached hydrogens (tertiary/aromatic N) is 2. The van der Waals surface area contributed by atoms with Crippen molar-refractivity contribution >= 4 is 11.5 Å². The van der Waals surface area contributed by atoms with Crippen molar-refractivity contribution in [3.05, 3.63) is 42.6 Å². The minimum atomic E-state index is 0.0815. The lowest BCUT2D eigenvalue weighted by atomic mass is 10.00. The molecule has 3 rings (SSSR count). The number of rotatable bonds is 3. The summed E-state index contributed by atoms with van der Waals surface area (Å²) in [5.41, 5.74) is 1.09. The number of ketones is 1. The van der Waals surface area contributed by atoms with Crippen LogP contribution in [-0.4, -0.2) is 36.9 Å². The van der Waals surface area contributed by atoms with Gasteiger partial charge in [-0.2, -0.15) is 0 Å². The second-order valence-electron chi connectivity index (χ2n) is 5.39. The molecule has 2 aliphatic rings. The Bertz CT molecular complexity index is 463. The number of hydrogen-bond acceptors (Lipinski definition) is 3. The van der Waals surface area contributed by atoms with Gasteiger partial charge in [0, 0.05) is 18.4 Å². The highest BCUT2D eigenvalue weighted by molar-refractivity contribution is 5.89. The highest BCUT2D eigenvalue weighted by Crippen LogP contribution is 2.20. The van der Waals surface area contributed by atoms with Gasteiger partial charge in [0.2, 0.25) is 0 Å². The smallest absolute Gasteiger partial charge is 0.160 e. The third-order valence-electron chi connectivity index (χ3n) is 3.98. The maximum atomic E-state index is 12.2. The molecule has 2 aliphatic heterocycles. The molecule has 0 spiro atoms. The van der Waals surface area contributed by atoms with Crippen LogP contribution in [0.1, 0.15) is 12.8 Å². The number of para-hydroxylation sites is 1. The Morgan fingerprint density at radius 1 is 1.11 bits per heavy atom. The quantitative estimate of drug-likeness (QED) is 0.829. The van der Waals surface area contributed by atoms with E-state index in [2.05, 4.69) is 17.2 Å². The Hall–Kier alpha value is -1.61. The summed E-state index contributed by atoms with van der Waals surface area (Å²) < 4.78 is 0. The second-order valence-corrected chi connectivity index (χ2v) is 5.39. The fraction of sp³-hybridized carbons (Fsp3) is 0.438. The van der Waals surface area contributed by atoms with E-state index in [1.807, 2.05) is 35.2 Å². The Kier molecular flexibility index (Phi) is 3.65. The van der Waals surface area contributed by atoms with Crippen molar-refractivity contribution in [1.29, 1.82) is 0 Å². The van der Waals surface area contributed by atoms with E-state index < -0.39 is 0 Å². The number of anilines is 1. The van der Waals surface area contributed by atoms with E-state index in [1.54, 1.807) is 0 Å². The first-order valence-corrected chi connectivity index (χ1v) is 7.08. The lowest BCUT2D eigenvalue weighted by Crippen LogP contribution is -2.38. The van der Waals surface area contributed by atoms with Crippen LogP contribution in [0.15, 0.2) is 42.6 Å². The molecular weight excluding hydrogens is 236 g/mol. The lowest BCUT2D eigenvalue weighted by Gasteiger charge is -2.29. The van der Waals surface area contributed by atoms with Crippen molar-refractivity contribution in [2.24, 2.45) is 5.92 Å². The van der Waals surface area contributed by atoms with Crippen molar-refractivity contribution in [3.63, 3.8) is 0 Å². The lowest BCUT2D eigenvalue weighted by molar-refractivity contribution is -0.120. The molecule has 0 amide bonds. The predicted octanol–water partition coefficient (Wildman–Crippen LogP) is 2.30. The van der Waals surface area contributed by atoms with Gasteiger partial charge in [-0.15, -0.1) is 0 Å². The molecule has 0 bridgehead atoms. The third-order valence-corrected chi connectivity index (χ3v) is 3.98. The van der Waals surface area contributed by atoms with E-state index in [9.17, 15) is 4.79 Å². The first-order chi connectivity index (χ1) is 9.33. The molecule has 19 heavy (non-hydrogen) atoms. The third kappa shape index (κ3) is 2.87. The molecule has 0 aromatic heterocycles. The highest BCUT2D eigenvalue weighted by Gasteiger charge is 2.25. The predicted molar refractivity (Wildman–Crippen MR) is 77.1 cm³/mol. The fourth-order valence-corrected chi connectivity index (χ4v) is 2.86. The number of hydrogen-bond donors (Lipinski definition) is 0. The number of likely N-dealkylation sites (tertiary alicyclic amines) is 1. The highest BCUT2D eigenvalue weighted by atomic mass is 16.1. The molecule has 2 heterocycles. The topological polar surface area (TPSA) is 23.6 Å². The summed E-state index contributed by atoms with van der Waals surface area (Å²) in [4.78, 5) is 16.7. The van der Waals surface area contributed by atoms with Crippen LogP contribution >= 0.6 is 0 Å². The van der Waals surface area contributed by atoms with Crippen molar-refractivity contribution in [2.75, 3.05) is 31.1 Å². The largest absolute Gasteiger partial charge is 0.341 e. The summed E-state index contributed by atoms with van der Waals surface area (Å²) in [7, 11) is 0. The van der Waals surface area contributed by atoms with Crippen molar-refractivity contribution in [2.45, 2.75) is 12.8 Å². The standard InChI is InChI=1S/C16H20N2O/c19-16-13-18(15-6-2-1-3-7-15)11-8-14(16)12-17-9-4-5-10-17/h1-3,6-8,11,14H,4-5,9-10,12-13H2. The van der Waals surface area contributed by atoms with Gasteiger partial charge in [-0.3, -0.25) is 4.79 Å². The number of benzene rings is 1. The van der Waals surface area contributed by atoms with Crippen LogP contribution in [0.5, 0.6) is 0 Å². The van der Waals surface area contributed by atoms with Crippen LogP contribution in [0.4, 0.5) is 5.69 Å². The molecule has 3 heteroatoms. The summed E-state index contributed by atoms with van der Waals surface area (Å²) in [5.74, 6) is 0.413. The average Bonchev–Trinajstić information content (AvgIpc) is 2.95. The van der Waals surface area contributed by atoms with Crippen LogP contribution in [0.2, 0.25) is 0 Å². The van der Waals surface area contributed by atoms with Crippen LogP contribution in [0, 0.1) is 5.92 Å². The van der Waals surface area contributed by atoms with Crippen LogP contribution in [0.3, 0.4) is 0 Å². The van der Waals surface area contributed by atoms with Gasteiger partial charge in [0.25, 0.3) is 0 Å².